The van der Waals surface area contributed by atoms with Gasteiger partial charge in [-0.15, -0.1) is 0 Å². The summed E-state index contributed by atoms with van der Waals surface area (Å²) in [6.45, 7) is -0.293. The van der Waals surface area contributed by atoms with Gasteiger partial charge in [-0.3, -0.25) is 4.79 Å². The minimum absolute atomic E-state index is 0.293. The fourth-order valence-corrected chi connectivity index (χ4v) is 2.32. The number of phenolic OH excluding ortho intramolecular Hbond substituents is 2. The van der Waals surface area contributed by atoms with Crippen molar-refractivity contribution >= 4 is 11.0 Å². The maximum atomic E-state index is 13.2. The van der Waals surface area contributed by atoms with Gasteiger partial charge < -0.3 is 19.4 Å². The fourth-order valence-electron chi connectivity index (χ4n) is 2.32. The SMILES string of the molecule is O=c1c(OCc2ccccc2)c(C(F)(F)F)oc2cc(O)cc(O)c12. The smallest absolute Gasteiger partial charge is 0.453 e. The van der Waals surface area contributed by atoms with E-state index in [0.29, 0.717) is 5.56 Å². The van der Waals surface area contributed by atoms with Crippen LogP contribution in [0.5, 0.6) is 17.2 Å². The maximum Gasteiger partial charge on any atom is 0.453 e. The van der Waals surface area contributed by atoms with Gasteiger partial charge in [0.05, 0.1) is 0 Å². The van der Waals surface area contributed by atoms with E-state index in [0.717, 1.165) is 12.1 Å². The van der Waals surface area contributed by atoms with Crippen molar-refractivity contribution in [1.82, 2.24) is 0 Å². The second-order valence-corrected chi connectivity index (χ2v) is 5.20. The number of aromatic hydroxyl groups is 2. The summed E-state index contributed by atoms with van der Waals surface area (Å²) in [5.74, 6) is -3.93. The molecular formula is C17H11F3O5. The molecule has 0 spiro atoms. The van der Waals surface area contributed by atoms with E-state index in [1.165, 1.54) is 0 Å². The summed E-state index contributed by atoms with van der Waals surface area (Å²) in [5, 5.41) is 18.7. The molecule has 0 bridgehead atoms. The highest BCUT2D eigenvalue weighted by atomic mass is 19.4. The highest BCUT2D eigenvalue weighted by Crippen LogP contribution is 2.39. The normalized spacial score (nSPS) is 11.6. The number of phenols is 2. The van der Waals surface area contributed by atoms with E-state index in [4.69, 9.17) is 9.15 Å². The Balaban J connectivity index is 2.18. The number of rotatable bonds is 3. The van der Waals surface area contributed by atoms with Gasteiger partial charge in [0.2, 0.25) is 11.2 Å². The Morgan fingerprint density at radius 1 is 1.08 bits per heavy atom. The first-order valence-electron chi connectivity index (χ1n) is 7.04. The number of hydrogen-bond donors (Lipinski definition) is 2. The monoisotopic (exact) mass is 352 g/mol. The first kappa shape index (κ1) is 16.7. The molecule has 0 saturated carbocycles. The largest absolute Gasteiger partial charge is 0.508 e. The van der Waals surface area contributed by atoms with Gasteiger partial charge in [-0.1, -0.05) is 30.3 Å². The minimum atomic E-state index is -5.00. The average Bonchev–Trinajstić information content (AvgIpc) is 2.53. The van der Waals surface area contributed by atoms with Gasteiger partial charge in [0, 0.05) is 12.1 Å². The maximum absolute atomic E-state index is 13.2. The van der Waals surface area contributed by atoms with Gasteiger partial charge in [0.15, 0.2) is 0 Å². The summed E-state index contributed by atoms with van der Waals surface area (Å²) < 4.78 is 49.5. The van der Waals surface area contributed by atoms with Crippen LogP contribution in [0, 0.1) is 0 Å². The van der Waals surface area contributed by atoms with Crippen LogP contribution in [0.15, 0.2) is 51.7 Å². The van der Waals surface area contributed by atoms with E-state index in [1.54, 1.807) is 30.3 Å². The zero-order valence-corrected chi connectivity index (χ0v) is 12.5. The molecule has 0 aliphatic carbocycles. The van der Waals surface area contributed by atoms with Crippen molar-refractivity contribution in [3.05, 3.63) is 64.0 Å². The van der Waals surface area contributed by atoms with E-state index in [2.05, 4.69) is 0 Å². The minimum Gasteiger partial charge on any atom is -0.508 e. The molecular weight excluding hydrogens is 341 g/mol. The molecule has 130 valence electrons. The molecule has 0 saturated heterocycles. The molecule has 0 aliphatic heterocycles. The second kappa shape index (κ2) is 6.04. The van der Waals surface area contributed by atoms with E-state index in [9.17, 15) is 28.2 Å². The molecule has 1 aromatic heterocycles. The molecule has 2 aromatic carbocycles. The number of ether oxygens (including phenoxy) is 1. The lowest BCUT2D eigenvalue weighted by Crippen LogP contribution is -2.17. The lowest BCUT2D eigenvalue weighted by molar-refractivity contribution is -0.154. The third-order valence-electron chi connectivity index (χ3n) is 3.40. The van der Waals surface area contributed by atoms with Crippen LogP contribution in [-0.2, 0) is 12.8 Å². The molecule has 3 rings (SSSR count). The summed E-state index contributed by atoms with van der Waals surface area (Å²) >= 11 is 0. The molecule has 8 heteroatoms. The van der Waals surface area contributed by atoms with E-state index >= 15 is 0 Å². The number of halogens is 3. The molecule has 0 radical (unpaired) electrons. The number of hydrogen-bond acceptors (Lipinski definition) is 5. The molecule has 3 aromatic rings. The Hall–Kier alpha value is -3.16. The Morgan fingerprint density at radius 3 is 2.40 bits per heavy atom. The molecule has 0 amide bonds. The first-order valence-corrected chi connectivity index (χ1v) is 7.04. The van der Waals surface area contributed by atoms with Crippen molar-refractivity contribution in [2.45, 2.75) is 12.8 Å². The van der Waals surface area contributed by atoms with Gasteiger partial charge in [-0.05, 0) is 5.56 Å². The zero-order valence-electron chi connectivity index (χ0n) is 12.5. The van der Waals surface area contributed by atoms with Gasteiger partial charge in [-0.2, -0.15) is 13.2 Å². The fraction of sp³-hybridized carbons (Fsp3) is 0.118. The van der Waals surface area contributed by atoms with Crippen LogP contribution in [0.4, 0.5) is 13.2 Å². The summed E-state index contributed by atoms with van der Waals surface area (Å²) in [7, 11) is 0. The summed E-state index contributed by atoms with van der Waals surface area (Å²) in [6.07, 6.45) is -5.00. The van der Waals surface area contributed by atoms with Crippen molar-refractivity contribution in [1.29, 1.82) is 0 Å². The van der Waals surface area contributed by atoms with Crippen LogP contribution in [0.2, 0.25) is 0 Å². The van der Waals surface area contributed by atoms with Crippen LogP contribution in [0.1, 0.15) is 11.3 Å². The van der Waals surface area contributed by atoms with Crippen molar-refractivity contribution < 1.29 is 32.5 Å². The Morgan fingerprint density at radius 2 is 1.76 bits per heavy atom. The predicted octanol–water partition coefficient (Wildman–Crippen LogP) is 3.80. The van der Waals surface area contributed by atoms with E-state index < -0.39 is 45.6 Å². The quantitative estimate of drug-likeness (QED) is 0.749. The molecule has 0 unspecified atom stereocenters. The Bertz CT molecular complexity index is 977. The molecule has 0 fully saturated rings. The Kier molecular flexibility index (Phi) is 4.03. The molecule has 2 N–H and O–H groups in total. The van der Waals surface area contributed by atoms with Crippen LogP contribution in [-0.4, -0.2) is 10.2 Å². The molecule has 1 heterocycles. The zero-order chi connectivity index (χ0) is 18.2. The number of fused-ring (bicyclic) bond motifs is 1. The average molecular weight is 352 g/mol. The third kappa shape index (κ3) is 3.23. The molecule has 0 atom stereocenters. The van der Waals surface area contributed by atoms with Gasteiger partial charge >= 0.3 is 6.18 Å². The number of alkyl halides is 3. The highest BCUT2D eigenvalue weighted by molar-refractivity contribution is 5.86. The van der Waals surface area contributed by atoms with Gasteiger partial charge in [0.1, 0.15) is 29.1 Å². The van der Waals surface area contributed by atoms with Gasteiger partial charge in [-0.25, -0.2) is 0 Å². The topological polar surface area (TPSA) is 79.9 Å². The lowest BCUT2D eigenvalue weighted by Gasteiger charge is -2.14. The Labute approximate surface area is 138 Å². The lowest BCUT2D eigenvalue weighted by atomic mass is 10.1. The second-order valence-electron chi connectivity index (χ2n) is 5.20. The number of benzene rings is 2. The van der Waals surface area contributed by atoms with E-state index in [1.807, 2.05) is 0 Å². The summed E-state index contributed by atoms with van der Waals surface area (Å²) in [4.78, 5) is 12.4. The van der Waals surface area contributed by atoms with Crippen molar-refractivity contribution in [3.63, 3.8) is 0 Å². The molecule has 5 nitrogen and oxygen atoms in total. The highest BCUT2D eigenvalue weighted by Gasteiger charge is 2.40. The predicted molar refractivity (Wildman–Crippen MR) is 81.6 cm³/mol. The van der Waals surface area contributed by atoms with Crippen LogP contribution < -0.4 is 10.2 Å². The van der Waals surface area contributed by atoms with Crippen LogP contribution >= 0.6 is 0 Å². The summed E-state index contributed by atoms with van der Waals surface area (Å²) in [5.41, 5.74) is -1.23. The molecule has 0 aliphatic rings. The first-order chi connectivity index (χ1) is 11.8. The third-order valence-corrected chi connectivity index (χ3v) is 3.40. The van der Waals surface area contributed by atoms with Crippen molar-refractivity contribution in [2.24, 2.45) is 0 Å². The van der Waals surface area contributed by atoms with Crippen molar-refractivity contribution in [3.8, 4) is 17.2 Å². The van der Waals surface area contributed by atoms with Crippen LogP contribution in [0.3, 0.4) is 0 Å². The van der Waals surface area contributed by atoms with Crippen molar-refractivity contribution in [2.75, 3.05) is 0 Å². The van der Waals surface area contributed by atoms with Crippen LogP contribution in [0.25, 0.3) is 11.0 Å². The summed E-state index contributed by atoms with van der Waals surface area (Å²) in [6, 6.07) is 9.93. The standard InChI is InChI=1S/C17H11F3O5/c18-17(19,20)16-15(24-8-9-4-2-1-3-5-9)14(23)13-11(22)6-10(21)7-12(13)25-16/h1-7,21-22H,8H2. The molecule has 25 heavy (non-hydrogen) atoms. The van der Waals surface area contributed by atoms with Gasteiger partial charge in [0.25, 0.3) is 5.76 Å². The van der Waals surface area contributed by atoms with E-state index in [-0.39, 0.29) is 6.61 Å².